The van der Waals surface area contributed by atoms with Gasteiger partial charge >= 0.3 is 0 Å². The Morgan fingerprint density at radius 3 is 2.70 bits per heavy atom. The zero-order valence-corrected chi connectivity index (χ0v) is 12.1. The highest BCUT2D eigenvalue weighted by atomic mass is 16.1. The van der Waals surface area contributed by atoms with Gasteiger partial charge in [-0.2, -0.15) is 0 Å². The molecule has 1 amide bonds. The van der Waals surface area contributed by atoms with Crippen LogP contribution in [0.3, 0.4) is 0 Å². The van der Waals surface area contributed by atoms with Gasteiger partial charge in [0.2, 0.25) is 5.91 Å². The maximum Gasteiger partial charge on any atom is 0.239 e. The molecule has 0 aliphatic heterocycles. The van der Waals surface area contributed by atoms with E-state index in [2.05, 4.69) is 17.6 Å². The standard InChI is InChI=1S/C17H24N2O/c1-12(16-10-13-7-8-14(16)9-13)19-17(20)11-18-15-5-3-2-4-6-15/h2-6,12-14,16,18H,7-11H2,1H3,(H,19,20). The second kappa shape index (κ2) is 5.86. The third-order valence-corrected chi connectivity index (χ3v) is 5.05. The summed E-state index contributed by atoms with van der Waals surface area (Å²) in [5, 5.41) is 6.34. The summed E-state index contributed by atoms with van der Waals surface area (Å²) in [4.78, 5) is 12.0. The summed E-state index contributed by atoms with van der Waals surface area (Å²) in [6.07, 6.45) is 5.50. The fraction of sp³-hybridized carbons (Fsp3) is 0.588. The molecule has 108 valence electrons. The van der Waals surface area contributed by atoms with Gasteiger partial charge in [0, 0.05) is 11.7 Å². The van der Waals surface area contributed by atoms with E-state index in [1.807, 2.05) is 30.3 Å². The van der Waals surface area contributed by atoms with E-state index in [-0.39, 0.29) is 5.91 Å². The lowest BCUT2D eigenvalue weighted by atomic mass is 9.84. The highest BCUT2D eigenvalue weighted by molar-refractivity contribution is 5.80. The summed E-state index contributed by atoms with van der Waals surface area (Å²) < 4.78 is 0. The molecule has 2 fully saturated rings. The van der Waals surface area contributed by atoms with E-state index < -0.39 is 0 Å². The second-order valence-electron chi connectivity index (χ2n) is 6.41. The van der Waals surface area contributed by atoms with Gasteiger partial charge in [-0.3, -0.25) is 4.79 Å². The monoisotopic (exact) mass is 272 g/mol. The van der Waals surface area contributed by atoms with Crippen molar-refractivity contribution in [2.75, 3.05) is 11.9 Å². The summed E-state index contributed by atoms with van der Waals surface area (Å²) in [5.41, 5.74) is 0.996. The molecule has 1 aromatic rings. The fourth-order valence-corrected chi connectivity index (χ4v) is 4.06. The minimum Gasteiger partial charge on any atom is -0.376 e. The molecule has 1 aromatic carbocycles. The van der Waals surface area contributed by atoms with E-state index in [9.17, 15) is 4.79 Å². The van der Waals surface area contributed by atoms with Gasteiger partial charge in [0.15, 0.2) is 0 Å². The average Bonchev–Trinajstić information content (AvgIpc) is 3.09. The van der Waals surface area contributed by atoms with Gasteiger partial charge in [0.05, 0.1) is 6.54 Å². The van der Waals surface area contributed by atoms with Crippen LogP contribution in [0.15, 0.2) is 30.3 Å². The van der Waals surface area contributed by atoms with Crippen LogP contribution < -0.4 is 10.6 Å². The molecule has 2 aliphatic carbocycles. The summed E-state index contributed by atoms with van der Waals surface area (Å²) in [5.74, 6) is 2.60. The molecule has 0 aromatic heterocycles. The minimum absolute atomic E-state index is 0.101. The van der Waals surface area contributed by atoms with Gasteiger partial charge in [0.1, 0.15) is 0 Å². The van der Waals surface area contributed by atoms with Crippen LogP contribution >= 0.6 is 0 Å². The number of hydrogen-bond donors (Lipinski definition) is 2. The van der Waals surface area contributed by atoms with Gasteiger partial charge in [-0.05, 0) is 56.1 Å². The Labute approximate surface area is 121 Å². The van der Waals surface area contributed by atoms with Crippen LogP contribution in [0.1, 0.15) is 32.6 Å². The maximum atomic E-state index is 12.0. The molecule has 0 radical (unpaired) electrons. The van der Waals surface area contributed by atoms with Crippen molar-refractivity contribution in [3.8, 4) is 0 Å². The molecule has 0 heterocycles. The van der Waals surface area contributed by atoms with E-state index in [1.54, 1.807) is 0 Å². The first kappa shape index (κ1) is 13.5. The molecule has 0 spiro atoms. The van der Waals surface area contributed by atoms with Crippen LogP contribution in [0.2, 0.25) is 0 Å². The average molecular weight is 272 g/mol. The van der Waals surface area contributed by atoms with E-state index >= 15 is 0 Å². The highest BCUT2D eigenvalue weighted by Gasteiger charge is 2.41. The van der Waals surface area contributed by atoms with Gasteiger partial charge in [-0.15, -0.1) is 0 Å². The number of anilines is 1. The Kier molecular flexibility index (Phi) is 3.95. The Morgan fingerprint density at radius 2 is 2.05 bits per heavy atom. The Hall–Kier alpha value is -1.51. The SMILES string of the molecule is CC(NC(=O)CNc1ccccc1)C1CC2CCC1C2. The summed E-state index contributed by atoms with van der Waals surface area (Å²) >= 11 is 0. The summed E-state index contributed by atoms with van der Waals surface area (Å²) in [6.45, 7) is 2.53. The molecule has 3 nitrogen and oxygen atoms in total. The molecular formula is C17H24N2O. The van der Waals surface area contributed by atoms with Gasteiger partial charge in [-0.1, -0.05) is 24.6 Å². The van der Waals surface area contributed by atoms with Gasteiger partial charge < -0.3 is 10.6 Å². The number of carbonyl (C=O) groups excluding carboxylic acids is 1. The number of nitrogens with one attached hydrogen (secondary N) is 2. The molecular weight excluding hydrogens is 248 g/mol. The van der Waals surface area contributed by atoms with Crippen LogP contribution in [-0.2, 0) is 4.79 Å². The van der Waals surface area contributed by atoms with Crippen LogP contribution in [0.25, 0.3) is 0 Å². The van der Waals surface area contributed by atoms with E-state index in [1.165, 1.54) is 25.7 Å². The van der Waals surface area contributed by atoms with Crippen molar-refractivity contribution in [2.45, 2.75) is 38.6 Å². The maximum absolute atomic E-state index is 12.0. The predicted octanol–water partition coefficient (Wildman–Crippen LogP) is 3.04. The van der Waals surface area contributed by atoms with Crippen molar-refractivity contribution in [3.05, 3.63) is 30.3 Å². The Bertz CT molecular complexity index is 459. The van der Waals surface area contributed by atoms with Crippen LogP contribution in [0.5, 0.6) is 0 Å². The lowest BCUT2D eigenvalue weighted by molar-refractivity contribution is -0.120. The van der Waals surface area contributed by atoms with Crippen molar-refractivity contribution in [3.63, 3.8) is 0 Å². The lowest BCUT2D eigenvalue weighted by Gasteiger charge is -2.28. The first-order chi connectivity index (χ1) is 9.72. The Balaban J connectivity index is 1.44. The molecule has 2 saturated carbocycles. The zero-order valence-electron chi connectivity index (χ0n) is 12.1. The van der Waals surface area contributed by atoms with Crippen LogP contribution in [0, 0.1) is 17.8 Å². The first-order valence-corrected chi connectivity index (χ1v) is 7.80. The normalized spacial score (nSPS) is 29.1. The molecule has 4 atom stereocenters. The number of benzene rings is 1. The molecule has 3 heteroatoms. The number of hydrogen-bond acceptors (Lipinski definition) is 2. The molecule has 4 unspecified atom stereocenters. The highest BCUT2D eigenvalue weighted by Crippen LogP contribution is 2.49. The summed E-state index contributed by atoms with van der Waals surface area (Å²) in [7, 11) is 0. The molecule has 2 aliphatic rings. The number of para-hydroxylation sites is 1. The minimum atomic E-state index is 0.101. The number of amides is 1. The third kappa shape index (κ3) is 2.97. The quantitative estimate of drug-likeness (QED) is 0.865. The lowest BCUT2D eigenvalue weighted by Crippen LogP contribution is -2.42. The van der Waals surface area contributed by atoms with Gasteiger partial charge in [0.25, 0.3) is 0 Å². The summed E-state index contributed by atoms with van der Waals surface area (Å²) in [6, 6.07) is 10.2. The number of carbonyl (C=O) groups is 1. The van der Waals surface area contributed by atoms with Crippen molar-refractivity contribution >= 4 is 11.6 Å². The van der Waals surface area contributed by atoms with Crippen LogP contribution in [0.4, 0.5) is 5.69 Å². The van der Waals surface area contributed by atoms with Crippen LogP contribution in [-0.4, -0.2) is 18.5 Å². The fourth-order valence-electron chi connectivity index (χ4n) is 4.06. The van der Waals surface area contributed by atoms with E-state index in [0.717, 1.165) is 17.5 Å². The number of fused-ring (bicyclic) bond motifs is 2. The molecule has 3 rings (SSSR count). The third-order valence-electron chi connectivity index (χ3n) is 5.05. The molecule has 2 N–H and O–H groups in total. The zero-order chi connectivity index (χ0) is 13.9. The Morgan fingerprint density at radius 1 is 1.25 bits per heavy atom. The largest absolute Gasteiger partial charge is 0.376 e. The molecule has 0 saturated heterocycles. The topological polar surface area (TPSA) is 41.1 Å². The van der Waals surface area contributed by atoms with Gasteiger partial charge in [-0.25, -0.2) is 0 Å². The van der Waals surface area contributed by atoms with Crippen molar-refractivity contribution in [2.24, 2.45) is 17.8 Å². The van der Waals surface area contributed by atoms with Crippen molar-refractivity contribution < 1.29 is 4.79 Å². The number of rotatable bonds is 5. The van der Waals surface area contributed by atoms with E-state index in [4.69, 9.17) is 0 Å². The smallest absolute Gasteiger partial charge is 0.239 e. The van der Waals surface area contributed by atoms with E-state index in [0.29, 0.717) is 18.5 Å². The second-order valence-corrected chi connectivity index (χ2v) is 6.41. The first-order valence-electron chi connectivity index (χ1n) is 7.80. The van der Waals surface area contributed by atoms with Crippen molar-refractivity contribution in [1.82, 2.24) is 5.32 Å². The molecule has 20 heavy (non-hydrogen) atoms. The molecule has 2 bridgehead atoms. The predicted molar refractivity (Wildman–Crippen MR) is 81.5 cm³/mol. The van der Waals surface area contributed by atoms with Crippen molar-refractivity contribution in [1.29, 1.82) is 0 Å².